The largest absolute Gasteiger partial charge is 0.461 e. The number of nitrogens with zero attached hydrogens (tertiary/aromatic N) is 12. The van der Waals surface area contributed by atoms with Crippen LogP contribution in [0.15, 0.2) is 40.4 Å². The van der Waals surface area contributed by atoms with E-state index in [0.717, 1.165) is 120 Å². The van der Waals surface area contributed by atoms with Gasteiger partial charge in [0.15, 0.2) is 6.23 Å². The van der Waals surface area contributed by atoms with Crippen molar-refractivity contribution in [2.45, 2.75) is 316 Å². The number of carbonyl (C=O) groups excluding carboxylic acids is 3. The molecular weight excluding hydrogens is 1120 g/mol. The molecule has 1 fully saturated rings. The zero-order chi connectivity index (χ0) is 63.3. The quantitative estimate of drug-likeness (QED) is 0.0226. The van der Waals surface area contributed by atoms with Crippen molar-refractivity contribution < 1.29 is 42.8 Å². The Bertz CT molecular complexity index is 2670. The summed E-state index contributed by atoms with van der Waals surface area (Å²) in [6.07, 6.45) is 33.6. The Balaban J connectivity index is 1.34. The first-order valence-corrected chi connectivity index (χ1v) is 33.9. The maximum atomic E-state index is 14.7. The van der Waals surface area contributed by atoms with Crippen LogP contribution in [0.4, 0.5) is 0 Å². The van der Waals surface area contributed by atoms with Crippen molar-refractivity contribution in [3.05, 3.63) is 68.8 Å². The van der Waals surface area contributed by atoms with Gasteiger partial charge in [-0.05, 0) is 71.9 Å². The lowest BCUT2D eigenvalue weighted by molar-refractivity contribution is -0.151. The minimum atomic E-state index is -1.14. The van der Waals surface area contributed by atoms with Crippen LogP contribution in [0, 0.1) is 0 Å². The molecule has 1 saturated heterocycles. The number of unbranched alkanes of at least 4 members (excludes halogenated alkanes) is 18. The van der Waals surface area contributed by atoms with Crippen molar-refractivity contribution in [3.8, 4) is 0 Å². The highest BCUT2D eigenvalue weighted by atomic mass is 16.6. The van der Waals surface area contributed by atoms with E-state index in [0.29, 0.717) is 17.9 Å². The van der Waals surface area contributed by atoms with Gasteiger partial charge in [0.2, 0.25) is 0 Å². The molecule has 5 rings (SSSR count). The second-order valence-electron chi connectivity index (χ2n) is 24.5. The summed E-state index contributed by atoms with van der Waals surface area (Å²) in [6.45, 7) is 12.5. The molecule has 0 bridgehead atoms. The SMILES string of the molecule is CCCCCCCCC(CCCC)OC(=O)Cn1cc(CO[C@@H]2[C@H](OCc3cn(CC(=O)OC(CCCC)CCCCCCCC)nn3)[C@@H](CN(C)C)O[C@H]2n2ccc(=O)n(Cc3cn(CC(=O)OC(CCCC)CCCCCCCC)nn3)c2=O)nn1. The molecule has 4 aromatic rings. The van der Waals surface area contributed by atoms with E-state index in [2.05, 4.69) is 72.5 Å². The number of rotatable bonds is 50. The van der Waals surface area contributed by atoms with Crippen molar-refractivity contribution in [1.82, 2.24) is 59.0 Å². The summed E-state index contributed by atoms with van der Waals surface area (Å²) in [4.78, 5) is 70.2. The van der Waals surface area contributed by atoms with E-state index in [9.17, 15) is 24.0 Å². The molecule has 4 aromatic heterocycles. The average Bonchev–Trinajstić information content (AvgIpc) is 1.91. The Hall–Kier alpha value is -5.65. The third kappa shape index (κ3) is 27.2. The van der Waals surface area contributed by atoms with Gasteiger partial charge >= 0.3 is 23.6 Å². The lowest BCUT2D eigenvalue weighted by Gasteiger charge is -2.25. The topological polar surface area (TPSA) is 246 Å². The first kappa shape index (κ1) is 73.1. The molecule has 1 aliphatic rings. The van der Waals surface area contributed by atoms with Crippen molar-refractivity contribution in [1.29, 1.82) is 0 Å². The molecule has 496 valence electrons. The van der Waals surface area contributed by atoms with E-state index in [1.807, 2.05) is 19.0 Å². The maximum absolute atomic E-state index is 14.7. The molecule has 5 heterocycles. The van der Waals surface area contributed by atoms with Crippen LogP contribution in [0.5, 0.6) is 0 Å². The van der Waals surface area contributed by atoms with E-state index in [4.69, 9.17) is 28.4 Å². The van der Waals surface area contributed by atoms with Gasteiger partial charge < -0.3 is 33.3 Å². The molecule has 1 aliphatic heterocycles. The van der Waals surface area contributed by atoms with Crippen LogP contribution < -0.4 is 11.2 Å². The van der Waals surface area contributed by atoms with Crippen LogP contribution in [-0.2, 0) is 82.2 Å². The monoisotopic (exact) mass is 1230 g/mol. The highest BCUT2D eigenvalue weighted by Crippen LogP contribution is 2.35. The summed E-state index contributed by atoms with van der Waals surface area (Å²) in [5.41, 5.74) is -0.197. The van der Waals surface area contributed by atoms with Gasteiger partial charge in [-0.25, -0.2) is 18.8 Å². The number of hydrogen-bond donors (Lipinski definition) is 0. The van der Waals surface area contributed by atoms with Crippen LogP contribution in [-0.4, -0.2) is 134 Å². The lowest BCUT2D eigenvalue weighted by atomic mass is 10.0. The molecule has 0 amide bonds. The molecule has 0 radical (unpaired) electrons. The average molecular weight is 1240 g/mol. The number of hydrogen-bond acceptors (Lipinski definition) is 18. The van der Waals surface area contributed by atoms with Gasteiger partial charge in [0, 0.05) is 18.8 Å². The predicted octanol–water partition coefficient (Wildman–Crippen LogP) is 11.0. The van der Waals surface area contributed by atoms with Gasteiger partial charge in [-0.1, -0.05) is 192 Å². The standard InChI is InChI=1S/C65H110N12O11/c1-9-15-21-24-27-30-36-54(33-18-12-4)85-59(79)46-73-41-51(66-69-73)44-77-58(78)39-40-76(65(77)82)64-63(84-50-53-43-75(71-68-53)48-61(81)87-56(35-20-14-6)38-32-29-26-23-17-11-3)62(57(88-64)45-72(7)8)83-49-52-42-74(70-67-52)47-60(80)86-55(34-19-13-5)37-31-28-25-22-16-10-2/h39-43,54-57,62-64H,9-38,44-50H2,1-8H3/t54?,55?,56?,57-,62-,63-,64-/m1/s1. The Kier molecular flexibility index (Phi) is 35.2. The van der Waals surface area contributed by atoms with Crippen molar-refractivity contribution in [2.75, 3.05) is 20.6 Å². The van der Waals surface area contributed by atoms with E-state index in [-0.39, 0.29) is 69.4 Å². The molecule has 7 atom stereocenters. The van der Waals surface area contributed by atoms with Gasteiger partial charge in [0.05, 0.1) is 38.3 Å². The minimum absolute atomic E-state index is 0.0662. The zero-order valence-corrected chi connectivity index (χ0v) is 54.9. The van der Waals surface area contributed by atoms with Gasteiger partial charge in [-0.3, -0.25) is 28.3 Å². The molecule has 23 heteroatoms. The van der Waals surface area contributed by atoms with E-state index in [1.165, 1.54) is 114 Å². The highest BCUT2D eigenvalue weighted by Gasteiger charge is 2.48. The first-order valence-electron chi connectivity index (χ1n) is 33.9. The Morgan fingerprint density at radius 2 is 0.864 bits per heavy atom. The van der Waals surface area contributed by atoms with Crippen molar-refractivity contribution in [2.24, 2.45) is 0 Å². The minimum Gasteiger partial charge on any atom is -0.461 e. The molecule has 0 saturated carbocycles. The summed E-state index contributed by atoms with van der Waals surface area (Å²) in [5, 5.41) is 25.6. The number of esters is 3. The molecule has 0 aromatic carbocycles. The number of likely N-dealkylation sites (N-methyl/N-ethyl adjacent to an activating group) is 1. The highest BCUT2D eigenvalue weighted by molar-refractivity contribution is 5.70. The predicted molar refractivity (Wildman–Crippen MR) is 336 cm³/mol. The van der Waals surface area contributed by atoms with Gasteiger partial charge in [0.25, 0.3) is 5.56 Å². The van der Waals surface area contributed by atoms with Crippen LogP contribution in [0.1, 0.15) is 257 Å². The molecule has 3 unspecified atom stereocenters. The summed E-state index contributed by atoms with van der Waals surface area (Å²) < 4.78 is 44.7. The fourth-order valence-electron chi connectivity index (χ4n) is 11.3. The molecule has 0 aliphatic carbocycles. The normalized spacial score (nSPS) is 17.0. The number of aromatic nitrogens is 11. The molecule has 0 N–H and O–H groups in total. The summed E-state index contributed by atoms with van der Waals surface area (Å²) in [7, 11) is 3.78. The van der Waals surface area contributed by atoms with E-state index < -0.39 is 47.7 Å². The summed E-state index contributed by atoms with van der Waals surface area (Å²) in [6, 6.07) is 1.27. The Morgan fingerprint density at radius 1 is 0.500 bits per heavy atom. The third-order valence-corrected chi connectivity index (χ3v) is 16.2. The van der Waals surface area contributed by atoms with Crippen molar-refractivity contribution >= 4 is 17.9 Å². The Labute approximate surface area is 523 Å². The zero-order valence-electron chi connectivity index (χ0n) is 54.9. The van der Waals surface area contributed by atoms with Gasteiger partial charge in [-0.2, -0.15) is 0 Å². The van der Waals surface area contributed by atoms with Crippen LogP contribution >= 0.6 is 0 Å². The van der Waals surface area contributed by atoms with Crippen LogP contribution in [0.2, 0.25) is 0 Å². The lowest BCUT2D eigenvalue weighted by Crippen LogP contribution is -2.44. The fraction of sp³-hybridized carbons (Fsp3) is 0.800. The number of carbonyl (C=O) groups is 3. The van der Waals surface area contributed by atoms with Gasteiger partial charge in [-0.15, -0.1) is 15.3 Å². The van der Waals surface area contributed by atoms with Crippen LogP contribution in [0.25, 0.3) is 0 Å². The van der Waals surface area contributed by atoms with Gasteiger partial charge in [0.1, 0.15) is 73.3 Å². The molecular formula is C65H110N12O11. The molecule has 0 spiro atoms. The molecule has 88 heavy (non-hydrogen) atoms. The van der Waals surface area contributed by atoms with Crippen LogP contribution in [0.3, 0.4) is 0 Å². The second-order valence-corrected chi connectivity index (χ2v) is 24.5. The second kappa shape index (κ2) is 42.4. The van der Waals surface area contributed by atoms with E-state index >= 15 is 0 Å². The maximum Gasteiger partial charge on any atom is 0.333 e. The molecule has 23 nitrogen and oxygen atoms in total. The summed E-state index contributed by atoms with van der Waals surface area (Å²) >= 11 is 0. The van der Waals surface area contributed by atoms with Crippen molar-refractivity contribution in [3.63, 3.8) is 0 Å². The smallest absolute Gasteiger partial charge is 0.333 e. The Morgan fingerprint density at radius 3 is 1.27 bits per heavy atom. The summed E-state index contributed by atoms with van der Waals surface area (Å²) in [5.74, 6) is -1.21. The third-order valence-electron chi connectivity index (χ3n) is 16.2. The van der Waals surface area contributed by atoms with E-state index in [1.54, 1.807) is 12.4 Å². The fourth-order valence-corrected chi connectivity index (χ4v) is 11.3. The number of ether oxygens (including phenoxy) is 6. The first-order chi connectivity index (χ1) is 42.8.